The smallest absolute Gasteiger partial charge is 0.415 e. The van der Waals surface area contributed by atoms with Gasteiger partial charge in [-0.15, -0.1) is 0 Å². The van der Waals surface area contributed by atoms with E-state index in [1.54, 1.807) is 6.92 Å². The summed E-state index contributed by atoms with van der Waals surface area (Å²) in [5.41, 5.74) is 0. The van der Waals surface area contributed by atoms with Crippen LogP contribution in [0.3, 0.4) is 0 Å². The molecular weight excluding hydrogens is 168 g/mol. The maximum Gasteiger partial charge on any atom is 0.415 e. The van der Waals surface area contributed by atoms with Gasteiger partial charge in [0.05, 0.1) is 11.8 Å². The highest BCUT2D eigenvalue weighted by Crippen LogP contribution is 2.17. The zero-order chi connectivity index (χ0) is 9.84. The fraction of sp³-hybridized carbons (Fsp3) is 0.556. The molecule has 1 aliphatic heterocycles. The molecule has 1 amide bonds. The molecule has 1 rings (SSSR count). The van der Waals surface area contributed by atoms with Crippen LogP contribution in [0.15, 0.2) is 12.3 Å². The molecule has 13 heavy (non-hydrogen) atoms. The van der Waals surface area contributed by atoms with Gasteiger partial charge in [-0.3, -0.25) is 4.90 Å². The van der Waals surface area contributed by atoms with Crippen molar-refractivity contribution in [3.8, 4) is 6.07 Å². The van der Waals surface area contributed by atoms with E-state index in [2.05, 4.69) is 12.6 Å². The number of amides is 1. The molecular formula is C9H12N2O2. The predicted octanol–water partition coefficient (Wildman–Crippen LogP) is 1.64. The summed E-state index contributed by atoms with van der Waals surface area (Å²) in [4.78, 5) is 12.8. The Bertz CT molecular complexity index is 267. The number of rotatable bonds is 1. The lowest BCUT2D eigenvalue weighted by atomic mass is 10.2. The third-order valence-corrected chi connectivity index (χ3v) is 1.90. The minimum absolute atomic E-state index is 0.327. The summed E-state index contributed by atoms with van der Waals surface area (Å²) in [5.74, 6) is 0.355. The molecule has 0 unspecified atom stereocenters. The maximum absolute atomic E-state index is 11.3. The first-order chi connectivity index (χ1) is 6.15. The Morgan fingerprint density at radius 2 is 2.46 bits per heavy atom. The summed E-state index contributed by atoms with van der Waals surface area (Å²) in [6, 6.07) is 1.74. The van der Waals surface area contributed by atoms with Crippen molar-refractivity contribution in [2.45, 2.75) is 25.8 Å². The summed E-state index contributed by atoms with van der Waals surface area (Å²) < 4.78 is 4.81. The molecule has 0 saturated carbocycles. The number of nitrogens with zero attached hydrogens (tertiary/aromatic N) is 2. The molecule has 1 atom stereocenters. The lowest BCUT2D eigenvalue weighted by Crippen LogP contribution is -2.34. The van der Waals surface area contributed by atoms with Gasteiger partial charge >= 0.3 is 6.09 Å². The van der Waals surface area contributed by atoms with E-state index in [0.717, 1.165) is 12.8 Å². The number of likely N-dealkylation sites (tertiary alicyclic amines) is 1. The van der Waals surface area contributed by atoms with Crippen molar-refractivity contribution < 1.29 is 9.53 Å². The predicted molar refractivity (Wildman–Crippen MR) is 46.6 cm³/mol. The van der Waals surface area contributed by atoms with Crippen molar-refractivity contribution in [1.82, 2.24) is 4.90 Å². The number of ether oxygens (including phenoxy) is 1. The molecule has 0 bridgehead atoms. The van der Waals surface area contributed by atoms with Gasteiger partial charge in [-0.25, -0.2) is 4.79 Å². The van der Waals surface area contributed by atoms with Crippen LogP contribution in [0.2, 0.25) is 0 Å². The van der Waals surface area contributed by atoms with E-state index < -0.39 is 6.09 Å². The van der Waals surface area contributed by atoms with E-state index in [1.165, 1.54) is 4.90 Å². The Morgan fingerprint density at radius 3 is 3.00 bits per heavy atom. The summed E-state index contributed by atoms with van der Waals surface area (Å²) in [5, 5.41) is 8.70. The zero-order valence-electron chi connectivity index (χ0n) is 7.62. The molecule has 70 valence electrons. The van der Waals surface area contributed by atoms with Gasteiger partial charge in [0, 0.05) is 6.54 Å². The van der Waals surface area contributed by atoms with Crippen LogP contribution in [-0.2, 0) is 4.74 Å². The van der Waals surface area contributed by atoms with Crippen LogP contribution >= 0.6 is 0 Å². The van der Waals surface area contributed by atoms with E-state index in [-0.39, 0.29) is 6.04 Å². The molecule has 0 aromatic heterocycles. The van der Waals surface area contributed by atoms with Crippen LogP contribution in [0.4, 0.5) is 4.79 Å². The van der Waals surface area contributed by atoms with Crippen LogP contribution in [0.1, 0.15) is 19.8 Å². The summed E-state index contributed by atoms with van der Waals surface area (Å²) in [7, 11) is 0. The largest absolute Gasteiger partial charge is 0.416 e. The first-order valence-corrected chi connectivity index (χ1v) is 4.18. The van der Waals surface area contributed by atoms with Crippen LogP contribution in [0.25, 0.3) is 0 Å². The second-order valence-corrected chi connectivity index (χ2v) is 3.05. The Balaban J connectivity index is 2.56. The molecule has 0 aliphatic carbocycles. The van der Waals surface area contributed by atoms with Gasteiger partial charge in [0.2, 0.25) is 0 Å². The van der Waals surface area contributed by atoms with Gasteiger partial charge in [0.25, 0.3) is 0 Å². The molecule has 1 fully saturated rings. The Morgan fingerprint density at radius 1 is 1.77 bits per heavy atom. The van der Waals surface area contributed by atoms with E-state index >= 15 is 0 Å². The molecule has 0 aromatic rings. The zero-order valence-corrected chi connectivity index (χ0v) is 7.62. The van der Waals surface area contributed by atoms with Gasteiger partial charge in [0.15, 0.2) is 0 Å². The summed E-state index contributed by atoms with van der Waals surface area (Å²) >= 11 is 0. The van der Waals surface area contributed by atoms with E-state index in [1.807, 2.05) is 0 Å². The molecule has 4 nitrogen and oxygen atoms in total. The van der Waals surface area contributed by atoms with Crippen molar-refractivity contribution in [2.75, 3.05) is 6.54 Å². The van der Waals surface area contributed by atoms with Gasteiger partial charge in [-0.2, -0.15) is 5.26 Å². The average molecular weight is 180 g/mol. The lowest BCUT2D eigenvalue weighted by molar-refractivity contribution is 0.131. The third-order valence-electron chi connectivity index (χ3n) is 1.90. The number of allylic oxidation sites excluding steroid dienone is 1. The number of hydrogen-bond acceptors (Lipinski definition) is 3. The van der Waals surface area contributed by atoms with E-state index in [4.69, 9.17) is 10.00 Å². The van der Waals surface area contributed by atoms with Crippen LogP contribution in [0.5, 0.6) is 0 Å². The fourth-order valence-corrected chi connectivity index (χ4v) is 1.33. The molecule has 1 saturated heterocycles. The van der Waals surface area contributed by atoms with Crippen LogP contribution in [-0.4, -0.2) is 23.6 Å². The minimum Gasteiger partial charge on any atom is -0.416 e. The Kier molecular flexibility index (Phi) is 2.91. The van der Waals surface area contributed by atoms with Crippen molar-refractivity contribution >= 4 is 6.09 Å². The Hall–Kier alpha value is -1.50. The van der Waals surface area contributed by atoms with Crippen LogP contribution < -0.4 is 0 Å². The topological polar surface area (TPSA) is 53.3 Å². The third kappa shape index (κ3) is 2.22. The lowest BCUT2D eigenvalue weighted by Gasteiger charge is -2.18. The van der Waals surface area contributed by atoms with Crippen molar-refractivity contribution in [1.29, 1.82) is 5.26 Å². The molecule has 0 N–H and O–H groups in total. The molecule has 4 heteroatoms. The fourth-order valence-electron chi connectivity index (χ4n) is 1.33. The van der Waals surface area contributed by atoms with Crippen molar-refractivity contribution in [3.63, 3.8) is 0 Å². The first kappa shape index (κ1) is 9.59. The quantitative estimate of drug-likeness (QED) is 0.576. The minimum atomic E-state index is -0.462. The van der Waals surface area contributed by atoms with Crippen molar-refractivity contribution in [3.05, 3.63) is 12.3 Å². The molecule has 1 heterocycles. The van der Waals surface area contributed by atoms with Crippen LogP contribution in [0, 0.1) is 11.3 Å². The summed E-state index contributed by atoms with van der Waals surface area (Å²) in [6.07, 6.45) is 1.14. The second-order valence-electron chi connectivity index (χ2n) is 3.05. The molecule has 0 aromatic carbocycles. The summed E-state index contributed by atoms with van der Waals surface area (Å²) in [6.45, 7) is 5.67. The van der Waals surface area contributed by atoms with E-state index in [9.17, 15) is 4.79 Å². The second kappa shape index (κ2) is 3.94. The highest BCUT2D eigenvalue weighted by molar-refractivity contribution is 5.70. The number of nitriles is 1. The SMILES string of the molecule is C=C(C)OC(=O)N1CCC[C@H]1C#N. The van der Waals surface area contributed by atoms with Gasteiger partial charge < -0.3 is 4.74 Å². The Labute approximate surface area is 77.4 Å². The monoisotopic (exact) mass is 180 g/mol. The van der Waals surface area contributed by atoms with Gasteiger partial charge in [-0.05, 0) is 19.8 Å². The van der Waals surface area contributed by atoms with E-state index in [0.29, 0.717) is 12.3 Å². The number of hydrogen-bond donors (Lipinski definition) is 0. The highest BCUT2D eigenvalue weighted by atomic mass is 16.6. The highest BCUT2D eigenvalue weighted by Gasteiger charge is 2.29. The maximum atomic E-state index is 11.3. The molecule has 1 aliphatic rings. The standard InChI is InChI=1S/C9H12N2O2/c1-7(2)13-9(12)11-5-3-4-8(11)6-10/h8H,1,3-5H2,2H3/t8-/m0/s1. The normalized spacial score (nSPS) is 20.9. The number of carbonyl (C=O) groups is 1. The number of carbonyl (C=O) groups excluding carboxylic acids is 1. The molecule has 0 spiro atoms. The molecule has 0 radical (unpaired) electrons. The van der Waals surface area contributed by atoms with Gasteiger partial charge in [-0.1, -0.05) is 6.58 Å². The first-order valence-electron chi connectivity index (χ1n) is 4.18. The van der Waals surface area contributed by atoms with Gasteiger partial charge in [0.1, 0.15) is 6.04 Å². The average Bonchev–Trinajstić information content (AvgIpc) is 2.49. The van der Waals surface area contributed by atoms with Crippen molar-refractivity contribution in [2.24, 2.45) is 0 Å².